The van der Waals surface area contributed by atoms with Gasteiger partial charge in [-0.3, -0.25) is 0 Å². The van der Waals surface area contributed by atoms with E-state index >= 15 is 0 Å². The lowest BCUT2D eigenvalue weighted by Gasteiger charge is -2.32. The fourth-order valence-corrected chi connectivity index (χ4v) is 1.53. The lowest BCUT2D eigenvalue weighted by molar-refractivity contribution is -0.160. The second-order valence-corrected chi connectivity index (χ2v) is 3.19. The van der Waals surface area contributed by atoms with Crippen molar-refractivity contribution in [3.63, 3.8) is 0 Å². The average molecular weight is 236 g/mol. The number of aliphatic hydroxyl groups is 1. The largest absolute Gasteiger partial charge is 0.394 e. The van der Waals surface area contributed by atoms with Crippen LogP contribution in [0.15, 0.2) is 0 Å². The normalized spacial score (nSPS) is 18.8. The van der Waals surface area contributed by atoms with Crippen molar-refractivity contribution in [2.24, 2.45) is 0 Å². The molecule has 0 saturated heterocycles. The Bertz CT molecular complexity index is 182. The highest BCUT2D eigenvalue weighted by molar-refractivity contribution is 5.57. The molecule has 0 aromatic heterocycles. The standard InChI is InChI=1S/C10H20O6/c1-13-7(5-11)9(15-3)10(16-4)8(6-12)14-2/h5,7-10,12H,6H2,1-4H3. The number of aliphatic hydroxyl groups excluding tert-OH is 1. The quantitative estimate of drug-likeness (QED) is 0.530. The van der Waals surface area contributed by atoms with E-state index in [4.69, 9.17) is 24.1 Å². The van der Waals surface area contributed by atoms with Crippen LogP contribution in [0.1, 0.15) is 0 Å². The maximum Gasteiger partial charge on any atom is 0.151 e. The van der Waals surface area contributed by atoms with Crippen LogP contribution in [0, 0.1) is 0 Å². The molecule has 0 bridgehead atoms. The number of ether oxygens (including phenoxy) is 4. The van der Waals surface area contributed by atoms with Crippen LogP contribution in [0.4, 0.5) is 0 Å². The minimum absolute atomic E-state index is 0.232. The third-order valence-electron chi connectivity index (χ3n) is 2.45. The molecule has 0 rings (SSSR count). The van der Waals surface area contributed by atoms with Gasteiger partial charge in [0.2, 0.25) is 0 Å². The molecule has 16 heavy (non-hydrogen) atoms. The van der Waals surface area contributed by atoms with E-state index in [-0.39, 0.29) is 6.61 Å². The molecule has 6 heteroatoms. The number of carbonyl (C=O) groups excluding carboxylic acids is 1. The Labute approximate surface area is 95.4 Å². The van der Waals surface area contributed by atoms with Gasteiger partial charge in [-0.15, -0.1) is 0 Å². The summed E-state index contributed by atoms with van der Waals surface area (Å²) in [5, 5.41) is 9.11. The first-order chi connectivity index (χ1) is 7.69. The molecule has 0 aromatic rings. The molecule has 0 aliphatic rings. The predicted octanol–water partition coefficient (Wildman–Crippen LogP) is -0.762. The van der Waals surface area contributed by atoms with Crippen molar-refractivity contribution in [1.82, 2.24) is 0 Å². The van der Waals surface area contributed by atoms with Gasteiger partial charge in [-0.2, -0.15) is 0 Å². The van der Waals surface area contributed by atoms with Crippen molar-refractivity contribution in [2.75, 3.05) is 35.0 Å². The van der Waals surface area contributed by atoms with Crippen molar-refractivity contribution < 1.29 is 28.8 Å². The Morgan fingerprint density at radius 1 is 1.00 bits per heavy atom. The van der Waals surface area contributed by atoms with Gasteiger partial charge in [0.25, 0.3) is 0 Å². The van der Waals surface area contributed by atoms with E-state index in [9.17, 15) is 4.79 Å². The molecular formula is C10H20O6. The van der Waals surface area contributed by atoms with Crippen molar-refractivity contribution in [3.8, 4) is 0 Å². The van der Waals surface area contributed by atoms with Gasteiger partial charge in [-0.1, -0.05) is 0 Å². The van der Waals surface area contributed by atoms with Gasteiger partial charge in [0, 0.05) is 28.4 Å². The highest BCUT2D eigenvalue weighted by Gasteiger charge is 2.35. The lowest BCUT2D eigenvalue weighted by Crippen LogP contribution is -2.49. The van der Waals surface area contributed by atoms with Gasteiger partial charge >= 0.3 is 0 Å². The van der Waals surface area contributed by atoms with Crippen molar-refractivity contribution in [2.45, 2.75) is 24.4 Å². The van der Waals surface area contributed by atoms with Crippen LogP contribution in [-0.4, -0.2) is 70.9 Å². The van der Waals surface area contributed by atoms with E-state index in [2.05, 4.69) is 0 Å². The van der Waals surface area contributed by atoms with E-state index in [1.54, 1.807) is 0 Å². The van der Waals surface area contributed by atoms with E-state index in [0.717, 1.165) is 0 Å². The van der Waals surface area contributed by atoms with Crippen LogP contribution in [0.25, 0.3) is 0 Å². The third kappa shape index (κ3) is 3.80. The van der Waals surface area contributed by atoms with Gasteiger partial charge in [-0.05, 0) is 0 Å². The van der Waals surface area contributed by atoms with Crippen LogP contribution in [0.3, 0.4) is 0 Å². The topological polar surface area (TPSA) is 74.2 Å². The monoisotopic (exact) mass is 236 g/mol. The molecule has 0 aromatic carbocycles. The summed E-state index contributed by atoms with van der Waals surface area (Å²) in [6.07, 6.45) is -1.93. The summed E-state index contributed by atoms with van der Waals surface area (Å²) in [6, 6.07) is 0. The van der Waals surface area contributed by atoms with Crippen LogP contribution in [-0.2, 0) is 23.7 Å². The molecule has 0 fully saturated rings. The summed E-state index contributed by atoms with van der Waals surface area (Å²) in [4.78, 5) is 10.8. The average Bonchev–Trinajstić information content (AvgIpc) is 2.33. The summed E-state index contributed by atoms with van der Waals surface area (Å²) in [5.41, 5.74) is 0. The van der Waals surface area contributed by atoms with Crippen LogP contribution >= 0.6 is 0 Å². The first-order valence-electron chi connectivity index (χ1n) is 4.87. The van der Waals surface area contributed by atoms with Crippen molar-refractivity contribution in [1.29, 1.82) is 0 Å². The summed E-state index contributed by atoms with van der Waals surface area (Å²) in [5.74, 6) is 0. The Balaban J connectivity index is 4.78. The number of hydrogen-bond donors (Lipinski definition) is 1. The molecule has 0 aliphatic carbocycles. The number of hydrogen-bond acceptors (Lipinski definition) is 6. The first-order valence-corrected chi connectivity index (χ1v) is 4.87. The highest BCUT2D eigenvalue weighted by Crippen LogP contribution is 2.14. The molecule has 4 unspecified atom stereocenters. The van der Waals surface area contributed by atoms with Gasteiger partial charge in [0.05, 0.1) is 6.61 Å². The van der Waals surface area contributed by atoms with Gasteiger partial charge in [0.1, 0.15) is 24.4 Å². The molecule has 96 valence electrons. The maximum atomic E-state index is 10.8. The van der Waals surface area contributed by atoms with Crippen LogP contribution < -0.4 is 0 Å². The fraction of sp³-hybridized carbons (Fsp3) is 0.900. The SMILES string of the molecule is COC(C=O)C(OC)C(OC)C(CO)OC. The van der Waals surface area contributed by atoms with Crippen molar-refractivity contribution in [3.05, 3.63) is 0 Å². The van der Waals surface area contributed by atoms with E-state index < -0.39 is 24.4 Å². The second kappa shape index (κ2) is 8.60. The van der Waals surface area contributed by atoms with Crippen molar-refractivity contribution >= 4 is 6.29 Å². The van der Waals surface area contributed by atoms with Gasteiger partial charge in [0.15, 0.2) is 6.29 Å². The molecule has 0 amide bonds. The summed E-state index contributed by atoms with van der Waals surface area (Å²) < 4.78 is 20.4. The first kappa shape index (κ1) is 15.5. The Morgan fingerprint density at radius 3 is 1.81 bits per heavy atom. The number of aldehydes is 1. The van der Waals surface area contributed by atoms with E-state index in [1.807, 2.05) is 0 Å². The molecule has 0 radical (unpaired) electrons. The maximum absolute atomic E-state index is 10.8. The zero-order valence-corrected chi connectivity index (χ0v) is 10.1. The summed E-state index contributed by atoms with van der Waals surface area (Å²) >= 11 is 0. The Hall–Kier alpha value is -0.530. The highest BCUT2D eigenvalue weighted by atomic mass is 16.6. The van der Waals surface area contributed by atoms with Gasteiger partial charge < -0.3 is 28.8 Å². The second-order valence-electron chi connectivity index (χ2n) is 3.19. The molecule has 0 aliphatic heterocycles. The number of rotatable bonds is 9. The molecule has 1 N–H and O–H groups in total. The zero-order chi connectivity index (χ0) is 12.6. The minimum Gasteiger partial charge on any atom is -0.394 e. The third-order valence-corrected chi connectivity index (χ3v) is 2.45. The Kier molecular flexibility index (Phi) is 8.32. The van der Waals surface area contributed by atoms with Gasteiger partial charge in [-0.25, -0.2) is 0 Å². The molecular weight excluding hydrogens is 216 g/mol. The van der Waals surface area contributed by atoms with Crippen LogP contribution in [0.5, 0.6) is 0 Å². The van der Waals surface area contributed by atoms with E-state index in [0.29, 0.717) is 6.29 Å². The zero-order valence-electron chi connectivity index (χ0n) is 10.1. The number of methoxy groups -OCH3 is 4. The number of carbonyl (C=O) groups is 1. The summed E-state index contributed by atoms with van der Waals surface area (Å²) in [7, 11) is 5.74. The van der Waals surface area contributed by atoms with Crippen LogP contribution in [0.2, 0.25) is 0 Å². The summed E-state index contributed by atoms with van der Waals surface area (Å²) in [6.45, 7) is -0.232. The van der Waals surface area contributed by atoms with E-state index in [1.165, 1.54) is 28.4 Å². The lowest BCUT2D eigenvalue weighted by atomic mass is 10.0. The fourth-order valence-electron chi connectivity index (χ4n) is 1.53. The molecule has 0 spiro atoms. The smallest absolute Gasteiger partial charge is 0.151 e. The predicted molar refractivity (Wildman–Crippen MR) is 56.3 cm³/mol. The molecule has 4 atom stereocenters. The molecule has 0 saturated carbocycles. The molecule has 6 nitrogen and oxygen atoms in total. The molecule has 0 heterocycles. The minimum atomic E-state index is -0.765. The Morgan fingerprint density at radius 2 is 1.56 bits per heavy atom.